The lowest BCUT2D eigenvalue weighted by Crippen LogP contribution is -2.16. The van der Waals surface area contributed by atoms with Crippen LogP contribution in [0.2, 0.25) is 0 Å². The molecule has 15 heavy (non-hydrogen) atoms. The molecule has 0 heterocycles. The predicted octanol–water partition coefficient (Wildman–Crippen LogP) is 4.99. The Balaban J connectivity index is 3.65. The molecule has 92 valence electrons. The van der Waals surface area contributed by atoms with Crippen molar-refractivity contribution in [2.24, 2.45) is 5.41 Å². The number of hydrogen-bond acceptors (Lipinski definition) is 2. The summed E-state index contributed by atoms with van der Waals surface area (Å²) in [6.07, 6.45) is 10.7. The highest BCUT2D eigenvalue weighted by Gasteiger charge is 2.21. The summed E-state index contributed by atoms with van der Waals surface area (Å²) in [4.78, 5) is 0. The van der Waals surface area contributed by atoms with Gasteiger partial charge in [-0.05, 0) is 42.6 Å². The first-order valence-corrected chi connectivity index (χ1v) is 7.67. The molecule has 0 aliphatic heterocycles. The van der Waals surface area contributed by atoms with Gasteiger partial charge >= 0.3 is 0 Å². The Morgan fingerprint density at radius 1 is 0.800 bits per heavy atom. The average Bonchev–Trinajstić information content (AvgIpc) is 2.18. The second-order valence-corrected chi connectivity index (χ2v) is 5.82. The Hall–Kier alpha value is 0.700. The Morgan fingerprint density at radius 3 is 2.00 bits per heavy atom. The van der Waals surface area contributed by atoms with E-state index in [1.54, 1.807) is 0 Å². The van der Waals surface area contributed by atoms with Crippen molar-refractivity contribution in [3.05, 3.63) is 0 Å². The minimum atomic E-state index is 0.553. The summed E-state index contributed by atoms with van der Waals surface area (Å²) < 4.78 is 0. The monoisotopic (exact) mass is 248 g/mol. The highest BCUT2D eigenvalue weighted by atomic mass is 32.1. The summed E-state index contributed by atoms with van der Waals surface area (Å²) in [7, 11) is 0. The van der Waals surface area contributed by atoms with Crippen molar-refractivity contribution in [3.8, 4) is 0 Å². The first-order chi connectivity index (χ1) is 7.18. The smallest absolute Gasteiger partial charge is 0.00927 e. The minimum Gasteiger partial charge on any atom is -0.179 e. The van der Waals surface area contributed by atoms with E-state index in [1.165, 1.54) is 51.4 Å². The van der Waals surface area contributed by atoms with Gasteiger partial charge in [0.15, 0.2) is 0 Å². The van der Waals surface area contributed by atoms with Crippen LogP contribution in [0.15, 0.2) is 0 Å². The molecule has 0 aromatic heterocycles. The average molecular weight is 249 g/mol. The normalized spacial score (nSPS) is 15.2. The third-order valence-electron chi connectivity index (χ3n) is 3.26. The van der Waals surface area contributed by atoms with Crippen molar-refractivity contribution < 1.29 is 0 Å². The van der Waals surface area contributed by atoms with Crippen molar-refractivity contribution in [1.82, 2.24) is 0 Å². The first kappa shape index (κ1) is 15.7. The summed E-state index contributed by atoms with van der Waals surface area (Å²) in [5.74, 6) is 2.08. The Bertz CT molecular complexity index is 128. The lowest BCUT2D eigenvalue weighted by molar-refractivity contribution is 0.251. The van der Waals surface area contributed by atoms with Crippen LogP contribution >= 0.6 is 25.3 Å². The van der Waals surface area contributed by atoms with Gasteiger partial charge in [-0.2, -0.15) is 25.3 Å². The predicted molar refractivity (Wildman–Crippen MR) is 78.4 cm³/mol. The second-order valence-electron chi connectivity index (χ2n) is 4.92. The van der Waals surface area contributed by atoms with E-state index in [4.69, 9.17) is 0 Å². The van der Waals surface area contributed by atoms with Gasteiger partial charge in [0.05, 0.1) is 0 Å². The zero-order valence-electron chi connectivity index (χ0n) is 10.5. The van der Waals surface area contributed by atoms with Crippen LogP contribution in [0.4, 0.5) is 0 Å². The number of unbranched alkanes of at least 4 members (excludes halogenated alkanes) is 3. The van der Waals surface area contributed by atoms with E-state index in [0.717, 1.165) is 11.5 Å². The van der Waals surface area contributed by atoms with Crippen molar-refractivity contribution in [2.45, 2.75) is 65.2 Å². The Kier molecular flexibility index (Phi) is 10.4. The van der Waals surface area contributed by atoms with E-state index >= 15 is 0 Å². The molecule has 0 radical (unpaired) electrons. The maximum absolute atomic E-state index is 4.38. The topological polar surface area (TPSA) is 0 Å². The lowest BCUT2D eigenvalue weighted by Gasteiger charge is -2.28. The number of hydrogen-bond donors (Lipinski definition) is 2. The van der Waals surface area contributed by atoms with Crippen molar-refractivity contribution in [1.29, 1.82) is 0 Å². The molecule has 0 bridgehead atoms. The van der Waals surface area contributed by atoms with Crippen LogP contribution in [0.5, 0.6) is 0 Å². The van der Waals surface area contributed by atoms with E-state index in [9.17, 15) is 0 Å². The standard InChI is InChI=1S/C13H28S2/c1-3-8-13(2,10-12-15)9-6-4-5-7-11-14/h14-15H,3-12H2,1-2H3. The van der Waals surface area contributed by atoms with Crippen LogP contribution in [0.3, 0.4) is 0 Å². The zero-order chi connectivity index (χ0) is 11.6. The third-order valence-corrected chi connectivity index (χ3v) is 3.80. The molecule has 0 N–H and O–H groups in total. The van der Waals surface area contributed by atoms with Gasteiger partial charge in [-0.15, -0.1) is 0 Å². The summed E-state index contributed by atoms with van der Waals surface area (Å²) in [5, 5.41) is 0. The lowest BCUT2D eigenvalue weighted by atomic mass is 9.78. The molecular formula is C13H28S2. The van der Waals surface area contributed by atoms with Gasteiger partial charge in [-0.25, -0.2) is 0 Å². The minimum absolute atomic E-state index is 0.553. The quantitative estimate of drug-likeness (QED) is 0.395. The molecule has 0 rings (SSSR count). The fourth-order valence-electron chi connectivity index (χ4n) is 2.27. The summed E-state index contributed by atoms with van der Waals surface area (Å²) in [6, 6.07) is 0. The van der Waals surface area contributed by atoms with Gasteiger partial charge in [0.1, 0.15) is 0 Å². The van der Waals surface area contributed by atoms with E-state index in [-0.39, 0.29) is 0 Å². The summed E-state index contributed by atoms with van der Waals surface area (Å²) in [5.41, 5.74) is 0.553. The summed E-state index contributed by atoms with van der Waals surface area (Å²) >= 11 is 8.61. The van der Waals surface area contributed by atoms with Gasteiger partial charge in [0, 0.05) is 0 Å². The van der Waals surface area contributed by atoms with E-state index < -0.39 is 0 Å². The van der Waals surface area contributed by atoms with Crippen LogP contribution in [-0.4, -0.2) is 11.5 Å². The molecule has 1 unspecified atom stereocenters. The molecule has 0 fully saturated rings. The van der Waals surface area contributed by atoms with Crippen LogP contribution in [0, 0.1) is 5.41 Å². The van der Waals surface area contributed by atoms with Gasteiger partial charge in [-0.3, -0.25) is 0 Å². The van der Waals surface area contributed by atoms with E-state index in [0.29, 0.717) is 5.41 Å². The fraction of sp³-hybridized carbons (Fsp3) is 1.00. The van der Waals surface area contributed by atoms with Crippen molar-refractivity contribution >= 4 is 25.3 Å². The van der Waals surface area contributed by atoms with Crippen LogP contribution < -0.4 is 0 Å². The molecule has 0 aliphatic rings. The molecule has 0 aromatic carbocycles. The molecule has 2 heteroatoms. The van der Waals surface area contributed by atoms with Gasteiger partial charge < -0.3 is 0 Å². The molecule has 0 saturated heterocycles. The molecule has 0 aliphatic carbocycles. The maximum atomic E-state index is 4.38. The molecule has 0 spiro atoms. The van der Waals surface area contributed by atoms with Crippen molar-refractivity contribution in [2.75, 3.05) is 11.5 Å². The number of rotatable bonds is 10. The Morgan fingerprint density at radius 2 is 1.47 bits per heavy atom. The second kappa shape index (κ2) is 9.89. The molecule has 0 amide bonds. The summed E-state index contributed by atoms with van der Waals surface area (Å²) in [6.45, 7) is 4.73. The molecule has 0 aromatic rings. The number of thiol groups is 2. The van der Waals surface area contributed by atoms with Crippen LogP contribution in [0.1, 0.15) is 65.2 Å². The SMILES string of the molecule is CCCC(C)(CCS)CCCCCCS. The van der Waals surface area contributed by atoms with Crippen LogP contribution in [-0.2, 0) is 0 Å². The fourth-order valence-corrected chi connectivity index (χ4v) is 3.03. The van der Waals surface area contributed by atoms with Crippen molar-refractivity contribution in [3.63, 3.8) is 0 Å². The largest absolute Gasteiger partial charge is 0.179 e. The van der Waals surface area contributed by atoms with Gasteiger partial charge in [0.25, 0.3) is 0 Å². The van der Waals surface area contributed by atoms with E-state index in [2.05, 4.69) is 39.1 Å². The zero-order valence-corrected chi connectivity index (χ0v) is 12.3. The third kappa shape index (κ3) is 8.50. The van der Waals surface area contributed by atoms with E-state index in [1.807, 2.05) is 0 Å². The highest BCUT2D eigenvalue weighted by molar-refractivity contribution is 7.80. The molecule has 0 saturated carbocycles. The highest BCUT2D eigenvalue weighted by Crippen LogP contribution is 2.34. The maximum Gasteiger partial charge on any atom is -0.00927 e. The molecule has 0 nitrogen and oxygen atoms in total. The Labute approximate surface area is 107 Å². The molecule has 1 atom stereocenters. The molecular weight excluding hydrogens is 220 g/mol. The van der Waals surface area contributed by atoms with Crippen LogP contribution in [0.25, 0.3) is 0 Å². The van der Waals surface area contributed by atoms with Gasteiger partial charge in [-0.1, -0.05) is 39.5 Å². The first-order valence-electron chi connectivity index (χ1n) is 6.40. The van der Waals surface area contributed by atoms with Gasteiger partial charge in [0.2, 0.25) is 0 Å².